The molecule has 0 saturated carbocycles. The van der Waals surface area contributed by atoms with E-state index in [1.54, 1.807) is 18.3 Å². The first-order chi connectivity index (χ1) is 15.7. The highest BCUT2D eigenvalue weighted by Gasteiger charge is 2.36. The third-order valence-corrected chi connectivity index (χ3v) is 4.96. The number of carboxylic acids is 2. The standard InChI is InChI=1S/C23H15N3O7/c27-19(25-16-7-14(22(30)31)6-15(8-16)23(32)33)13-3-4-17-18(9-13)21(29)26(20(17)28)11-12-2-1-5-24-10-12/h1-10H,11H2,(H,25,27)(H,30,31)(H,32,33)/p-2. The zero-order valence-corrected chi connectivity index (χ0v) is 16.7. The van der Waals surface area contributed by atoms with E-state index in [1.165, 1.54) is 24.4 Å². The van der Waals surface area contributed by atoms with Crippen LogP contribution < -0.4 is 15.5 Å². The first-order valence-electron chi connectivity index (χ1n) is 9.53. The molecule has 10 heteroatoms. The number of rotatable bonds is 6. The highest BCUT2D eigenvalue weighted by Crippen LogP contribution is 2.26. The zero-order valence-electron chi connectivity index (χ0n) is 16.7. The molecule has 0 atom stereocenters. The van der Waals surface area contributed by atoms with Gasteiger partial charge in [-0.05, 0) is 59.2 Å². The first kappa shape index (κ1) is 21.4. The van der Waals surface area contributed by atoms with Crippen molar-refractivity contribution in [2.45, 2.75) is 6.54 Å². The molecule has 10 nitrogen and oxygen atoms in total. The molecule has 4 rings (SSSR count). The monoisotopic (exact) mass is 443 g/mol. The Bertz CT molecular complexity index is 1300. The van der Waals surface area contributed by atoms with Gasteiger partial charge in [0.2, 0.25) is 0 Å². The van der Waals surface area contributed by atoms with Crippen molar-refractivity contribution in [3.8, 4) is 0 Å². The lowest BCUT2D eigenvalue weighted by Gasteiger charge is -2.13. The van der Waals surface area contributed by atoms with Gasteiger partial charge in [-0.3, -0.25) is 24.3 Å². The number of pyridine rings is 1. The topological polar surface area (TPSA) is 160 Å². The van der Waals surface area contributed by atoms with Gasteiger partial charge < -0.3 is 25.1 Å². The molecule has 164 valence electrons. The van der Waals surface area contributed by atoms with Gasteiger partial charge in [0.15, 0.2) is 0 Å². The van der Waals surface area contributed by atoms with Crippen molar-refractivity contribution in [1.82, 2.24) is 9.88 Å². The average molecular weight is 443 g/mol. The largest absolute Gasteiger partial charge is 0.545 e. The molecule has 0 aliphatic carbocycles. The number of fused-ring (bicyclic) bond motifs is 1. The summed E-state index contributed by atoms with van der Waals surface area (Å²) in [5, 5.41) is 24.6. The van der Waals surface area contributed by atoms with Gasteiger partial charge in [0, 0.05) is 23.6 Å². The molecular formula is C23H13N3O7-2. The maximum Gasteiger partial charge on any atom is 0.261 e. The summed E-state index contributed by atoms with van der Waals surface area (Å²) in [5.41, 5.74) is -0.217. The summed E-state index contributed by atoms with van der Waals surface area (Å²) in [7, 11) is 0. The molecule has 0 saturated heterocycles. The molecule has 0 spiro atoms. The van der Waals surface area contributed by atoms with E-state index in [2.05, 4.69) is 10.3 Å². The van der Waals surface area contributed by atoms with Gasteiger partial charge in [0.1, 0.15) is 0 Å². The van der Waals surface area contributed by atoms with Crippen LogP contribution in [-0.4, -0.2) is 39.5 Å². The summed E-state index contributed by atoms with van der Waals surface area (Å²) in [6, 6.07) is 10.2. The van der Waals surface area contributed by atoms with Crippen molar-refractivity contribution in [2.24, 2.45) is 0 Å². The predicted molar refractivity (Wildman–Crippen MR) is 108 cm³/mol. The molecule has 2 aromatic carbocycles. The normalized spacial score (nSPS) is 12.4. The van der Waals surface area contributed by atoms with Crippen molar-refractivity contribution < 1.29 is 34.2 Å². The number of aromatic carboxylic acids is 2. The fourth-order valence-electron chi connectivity index (χ4n) is 3.39. The van der Waals surface area contributed by atoms with E-state index in [0.29, 0.717) is 5.56 Å². The highest BCUT2D eigenvalue weighted by atomic mass is 16.4. The van der Waals surface area contributed by atoms with E-state index < -0.39 is 40.8 Å². The van der Waals surface area contributed by atoms with Crippen LogP contribution in [0.3, 0.4) is 0 Å². The Labute approximate surface area is 186 Å². The van der Waals surface area contributed by atoms with E-state index in [0.717, 1.165) is 23.1 Å². The third-order valence-electron chi connectivity index (χ3n) is 4.96. The summed E-state index contributed by atoms with van der Waals surface area (Å²) in [4.78, 5) is 65.4. The smallest absolute Gasteiger partial charge is 0.261 e. The van der Waals surface area contributed by atoms with E-state index in [4.69, 9.17) is 0 Å². The lowest BCUT2D eigenvalue weighted by atomic mass is 10.0. The number of carboxylic acid groups (broad SMARTS) is 2. The number of carbonyl (C=O) groups excluding carboxylic acids is 5. The Kier molecular flexibility index (Phi) is 5.41. The Hall–Kier alpha value is -4.86. The quantitative estimate of drug-likeness (QED) is 0.515. The van der Waals surface area contributed by atoms with Gasteiger partial charge >= 0.3 is 0 Å². The van der Waals surface area contributed by atoms with Gasteiger partial charge in [-0.2, -0.15) is 0 Å². The molecule has 1 aliphatic rings. The van der Waals surface area contributed by atoms with Crippen molar-refractivity contribution in [2.75, 3.05) is 5.32 Å². The summed E-state index contributed by atoms with van der Waals surface area (Å²) in [6.07, 6.45) is 3.10. The van der Waals surface area contributed by atoms with Crippen LogP contribution in [-0.2, 0) is 6.54 Å². The number of aromatic nitrogens is 1. The molecule has 0 fully saturated rings. The van der Waals surface area contributed by atoms with Gasteiger partial charge in [0.25, 0.3) is 17.7 Å². The second kappa shape index (κ2) is 8.35. The number of nitrogens with one attached hydrogen (secondary N) is 1. The number of anilines is 1. The molecule has 1 aromatic heterocycles. The van der Waals surface area contributed by atoms with Gasteiger partial charge in [-0.15, -0.1) is 0 Å². The molecule has 0 unspecified atom stereocenters. The maximum atomic E-state index is 12.8. The van der Waals surface area contributed by atoms with Crippen LogP contribution in [0.4, 0.5) is 5.69 Å². The van der Waals surface area contributed by atoms with E-state index in [1.807, 2.05) is 0 Å². The fourth-order valence-corrected chi connectivity index (χ4v) is 3.39. The molecule has 3 amide bonds. The van der Waals surface area contributed by atoms with Crippen LogP contribution >= 0.6 is 0 Å². The summed E-state index contributed by atoms with van der Waals surface area (Å²) in [5.74, 6) is -5.10. The maximum absolute atomic E-state index is 12.8. The summed E-state index contributed by atoms with van der Waals surface area (Å²) in [6.45, 7) is 0.0176. The zero-order chi connectivity index (χ0) is 23.7. The average Bonchev–Trinajstić information content (AvgIpc) is 3.03. The first-order valence-corrected chi connectivity index (χ1v) is 9.53. The van der Waals surface area contributed by atoms with Crippen LogP contribution in [0.25, 0.3) is 0 Å². The molecule has 0 bridgehead atoms. The molecule has 3 aromatic rings. The van der Waals surface area contributed by atoms with Crippen LogP contribution in [0, 0.1) is 0 Å². The van der Waals surface area contributed by atoms with Gasteiger partial charge in [0.05, 0.1) is 29.6 Å². The molecule has 1 N–H and O–H groups in total. The Morgan fingerprint density at radius 3 is 2.12 bits per heavy atom. The Morgan fingerprint density at radius 1 is 0.848 bits per heavy atom. The Balaban J connectivity index is 1.59. The fraction of sp³-hybridized carbons (Fsp3) is 0.0435. The van der Waals surface area contributed by atoms with E-state index in [9.17, 15) is 34.2 Å². The number of carbonyl (C=O) groups is 5. The molecule has 2 heterocycles. The van der Waals surface area contributed by atoms with E-state index in [-0.39, 0.29) is 28.9 Å². The minimum absolute atomic E-state index is 0.00646. The number of amides is 3. The van der Waals surface area contributed by atoms with Crippen LogP contribution in [0.5, 0.6) is 0 Å². The van der Waals surface area contributed by atoms with Gasteiger partial charge in [-0.25, -0.2) is 0 Å². The minimum Gasteiger partial charge on any atom is -0.545 e. The third kappa shape index (κ3) is 4.17. The number of benzene rings is 2. The lowest BCUT2D eigenvalue weighted by Crippen LogP contribution is -2.29. The molecular weight excluding hydrogens is 430 g/mol. The van der Waals surface area contributed by atoms with Crippen LogP contribution in [0.15, 0.2) is 60.9 Å². The van der Waals surface area contributed by atoms with Crippen molar-refractivity contribution >= 4 is 35.3 Å². The minimum atomic E-state index is -1.64. The van der Waals surface area contributed by atoms with Gasteiger partial charge in [-0.1, -0.05) is 6.07 Å². The SMILES string of the molecule is O=C([O-])c1cc(NC(=O)c2ccc3c(c2)C(=O)N(Cc2cccnc2)C3=O)cc(C(=O)[O-])c1. The molecule has 33 heavy (non-hydrogen) atoms. The van der Waals surface area contributed by atoms with Crippen LogP contribution in [0.2, 0.25) is 0 Å². The van der Waals surface area contributed by atoms with Crippen molar-refractivity contribution in [3.63, 3.8) is 0 Å². The number of hydrogen-bond acceptors (Lipinski definition) is 8. The summed E-state index contributed by atoms with van der Waals surface area (Å²) >= 11 is 0. The number of imide groups is 1. The Morgan fingerprint density at radius 2 is 1.52 bits per heavy atom. The van der Waals surface area contributed by atoms with E-state index >= 15 is 0 Å². The highest BCUT2D eigenvalue weighted by molar-refractivity contribution is 6.22. The number of hydrogen-bond donors (Lipinski definition) is 1. The molecule has 1 aliphatic heterocycles. The van der Waals surface area contributed by atoms with Crippen molar-refractivity contribution in [1.29, 1.82) is 0 Å². The predicted octanol–water partition coefficient (Wildman–Crippen LogP) is -0.143. The summed E-state index contributed by atoms with van der Waals surface area (Å²) < 4.78 is 0. The second-order valence-corrected chi connectivity index (χ2v) is 7.15. The van der Waals surface area contributed by atoms with Crippen molar-refractivity contribution in [3.05, 3.63) is 94.3 Å². The number of nitrogens with zero attached hydrogens (tertiary/aromatic N) is 2. The lowest BCUT2D eigenvalue weighted by molar-refractivity contribution is -0.255. The van der Waals surface area contributed by atoms with Crippen LogP contribution in [0.1, 0.15) is 57.4 Å². The molecule has 0 radical (unpaired) electrons. The second-order valence-electron chi connectivity index (χ2n) is 7.15.